The first-order chi connectivity index (χ1) is 14.8. The first-order valence-electron chi connectivity index (χ1n) is 10.4. The highest BCUT2D eigenvalue weighted by Crippen LogP contribution is 2.35. The van der Waals surface area contributed by atoms with Crippen LogP contribution in [0.4, 0.5) is 13.2 Å². The van der Waals surface area contributed by atoms with Gasteiger partial charge in [0.1, 0.15) is 10.3 Å². The number of rotatable bonds is 9. The minimum atomic E-state index is -4.43. The van der Waals surface area contributed by atoms with E-state index >= 15 is 0 Å². The van der Waals surface area contributed by atoms with E-state index in [-0.39, 0.29) is 6.61 Å². The molecule has 3 atom stereocenters. The maximum absolute atomic E-state index is 13.3. The molecule has 0 aliphatic carbocycles. The first kappa shape index (κ1) is 26.5. The highest BCUT2D eigenvalue weighted by atomic mass is 32.2. The predicted molar refractivity (Wildman–Crippen MR) is 125 cm³/mol. The van der Waals surface area contributed by atoms with E-state index in [0.29, 0.717) is 17.5 Å². The smallest absolute Gasteiger partial charge is 0.416 e. The zero-order valence-corrected chi connectivity index (χ0v) is 20.1. The summed E-state index contributed by atoms with van der Waals surface area (Å²) in [6.45, 7) is 12.9. The molecule has 0 aliphatic heterocycles. The van der Waals surface area contributed by atoms with E-state index < -0.39 is 39.5 Å². The van der Waals surface area contributed by atoms with E-state index in [9.17, 15) is 17.7 Å². The molecule has 1 N–H and O–H groups in total. The van der Waals surface area contributed by atoms with Gasteiger partial charge in [-0.15, -0.1) is 11.3 Å². The molecule has 0 heterocycles. The van der Waals surface area contributed by atoms with Crippen molar-refractivity contribution < 1.29 is 22.5 Å². The summed E-state index contributed by atoms with van der Waals surface area (Å²) in [6.07, 6.45) is -2.88. The van der Waals surface area contributed by atoms with Gasteiger partial charge < -0.3 is 9.29 Å². The van der Waals surface area contributed by atoms with Crippen LogP contribution in [0.5, 0.6) is 0 Å². The van der Waals surface area contributed by atoms with Gasteiger partial charge >= 0.3 is 6.18 Å². The minimum Gasteiger partial charge on any atom is -0.598 e. The fourth-order valence-electron chi connectivity index (χ4n) is 3.30. The van der Waals surface area contributed by atoms with Crippen LogP contribution in [0.15, 0.2) is 61.2 Å². The summed E-state index contributed by atoms with van der Waals surface area (Å²) in [5, 5.41) is 0. The van der Waals surface area contributed by atoms with Crippen molar-refractivity contribution in [3.8, 4) is 0 Å². The molecular weight excluding hydrogens is 435 g/mol. The third-order valence-electron chi connectivity index (χ3n) is 5.14. The Hall–Kier alpha value is -1.80. The number of alkyl halides is 3. The molecule has 2 aromatic carbocycles. The first-order valence-corrected chi connectivity index (χ1v) is 11.6. The van der Waals surface area contributed by atoms with E-state index in [4.69, 9.17) is 4.74 Å². The van der Waals surface area contributed by atoms with E-state index in [1.165, 1.54) is 0 Å². The lowest BCUT2D eigenvalue weighted by molar-refractivity contribution is -0.137. The molecule has 0 fully saturated rings. The summed E-state index contributed by atoms with van der Waals surface area (Å²) >= 11 is -1.41. The number of hydrogen-bond donors (Lipinski definition) is 1. The van der Waals surface area contributed by atoms with Crippen LogP contribution in [-0.4, -0.2) is 15.9 Å². The Morgan fingerprint density at radius 3 is 2.25 bits per heavy atom. The molecule has 176 valence electrons. The molecule has 0 saturated heterocycles. The second-order valence-electron chi connectivity index (χ2n) is 9.01. The number of aryl methyl sites for hydroxylation is 1. The standard InChI is InChI=1S/C25H32F3NO2S/c1-7-13-24(21-11-9-8-10-12-21,29-32(30)23(4,5)6)17-31-19(3)20-14-18(2)15-22(16-20)25(26,27)28/h7-12,14-16,19,29H,1,13,17H2,2-6H3/t19-,24-,32-/m1/s1. The second kappa shape index (κ2) is 10.4. The van der Waals surface area contributed by atoms with Crippen molar-refractivity contribution in [2.45, 2.75) is 63.6 Å². The highest BCUT2D eigenvalue weighted by Gasteiger charge is 2.41. The topological polar surface area (TPSA) is 44.3 Å². The summed E-state index contributed by atoms with van der Waals surface area (Å²) in [7, 11) is 0. The van der Waals surface area contributed by atoms with Crippen LogP contribution in [-0.2, 0) is 27.8 Å². The maximum Gasteiger partial charge on any atom is 0.416 e. The third kappa shape index (κ3) is 6.85. The Morgan fingerprint density at radius 2 is 1.72 bits per heavy atom. The molecule has 0 spiro atoms. The number of benzene rings is 2. The molecule has 7 heteroatoms. The Labute approximate surface area is 192 Å². The molecule has 0 aromatic heterocycles. The van der Waals surface area contributed by atoms with Crippen molar-refractivity contribution in [1.82, 2.24) is 4.72 Å². The maximum atomic E-state index is 13.3. The van der Waals surface area contributed by atoms with Gasteiger partial charge in [0, 0.05) is 11.4 Å². The van der Waals surface area contributed by atoms with Crippen LogP contribution in [0.1, 0.15) is 62.5 Å². The summed E-state index contributed by atoms with van der Waals surface area (Å²) < 4.78 is 61.7. The van der Waals surface area contributed by atoms with Crippen molar-refractivity contribution in [2.24, 2.45) is 0 Å². The molecule has 0 aliphatic rings. The average Bonchev–Trinajstić information content (AvgIpc) is 2.70. The van der Waals surface area contributed by atoms with Crippen LogP contribution in [0.2, 0.25) is 0 Å². The molecule has 0 saturated carbocycles. The lowest BCUT2D eigenvalue weighted by atomic mass is 9.88. The van der Waals surface area contributed by atoms with Crippen LogP contribution in [0, 0.1) is 6.92 Å². The summed E-state index contributed by atoms with van der Waals surface area (Å²) in [5.41, 5.74) is 0.263. The molecular formula is C25H32F3NO2S. The lowest BCUT2D eigenvalue weighted by Crippen LogP contribution is -2.53. The van der Waals surface area contributed by atoms with Gasteiger partial charge in [-0.2, -0.15) is 13.2 Å². The van der Waals surface area contributed by atoms with Gasteiger partial charge in [0.15, 0.2) is 0 Å². The fraction of sp³-hybridized carbons (Fsp3) is 0.440. The van der Waals surface area contributed by atoms with Gasteiger partial charge in [-0.3, -0.25) is 0 Å². The SMILES string of the molecule is C=CC[C@](CO[C@H](C)c1cc(C)cc(C(F)(F)F)c1)(N[S@+]([O-])C(C)(C)C)c1ccccc1. The normalized spacial score (nSPS) is 16.3. The minimum absolute atomic E-state index is 0.0985. The number of halogens is 3. The molecule has 0 radical (unpaired) electrons. The molecule has 32 heavy (non-hydrogen) atoms. The third-order valence-corrected chi connectivity index (χ3v) is 6.83. The summed E-state index contributed by atoms with van der Waals surface area (Å²) in [4.78, 5) is 0. The number of nitrogens with one attached hydrogen (secondary N) is 1. The van der Waals surface area contributed by atoms with Crippen molar-refractivity contribution in [2.75, 3.05) is 6.61 Å². The Morgan fingerprint density at radius 1 is 1.09 bits per heavy atom. The van der Waals surface area contributed by atoms with Crippen molar-refractivity contribution in [3.63, 3.8) is 0 Å². The van der Waals surface area contributed by atoms with Crippen LogP contribution >= 0.6 is 0 Å². The zero-order valence-electron chi connectivity index (χ0n) is 19.3. The fourth-order valence-corrected chi connectivity index (χ4v) is 4.22. The monoisotopic (exact) mass is 467 g/mol. The number of ether oxygens (including phenoxy) is 1. The van der Waals surface area contributed by atoms with Crippen LogP contribution in [0.25, 0.3) is 0 Å². The lowest BCUT2D eigenvalue weighted by Gasteiger charge is -2.38. The van der Waals surface area contributed by atoms with Gasteiger partial charge in [0.2, 0.25) is 0 Å². The summed E-state index contributed by atoms with van der Waals surface area (Å²) in [6, 6.07) is 13.4. The van der Waals surface area contributed by atoms with Crippen LogP contribution < -0.4 is 4.72 Å². The van der Waals surface area contributed by atoms with Gasteiger partial charge in [-0.1, -0.05) is 48.0 Å². The number of hydrogen-bond acceptors (Lipinski definition) is 3. The molecule has 0 unspecified atom stereocenters. The van der Waals surface area contributed by atoms with Crippen molar-refractivity contribution in [3.05, 3.63) is 83.4 Å². The van der Waals surface area contributed by atoms with Crippen molar-refractivity contribution >= 4 is 11.4 Å². The quantitative estimate of drug-likeness (QED) is 0.333. The molecule has 2 rings (SSSR count). The Balaban J connectivity index is 2.38. The highest BCUT2D eigenvalue weighted by molar-refractivity contribution is 7.90. The zero-order chi connectivity index (χ0) is 24.2. The van der Waals surface area contributed by atoms with Gasteiger partial charge in [0.25, 0.3) is 0 Å². The molecule has 2 aromatic rings. The molecule has 0 bridgehead atoms. The van der Waals surface area contributed by atoms with Gasteiger partial charge in [0.05, 0.1) is 18.3 Å². The van der Waals surface area contributed by atoms with Crippen molar-refractivity contribution in [1.29, 1.82) is 0 Å². The Bertz CT molecular complexity index is 896. The van der Waals surface area contributed by atoms with Gasteiger partial charge in [-0.25, -0.2) is 0 Å². The van der Waals surface area contributed by atoms with E-state index in [2.05, 4.69) is 11.3 Å². The van der Waals surface area contributed by atoms with E-state index in [0.717, 1.165) is 17.7 Å². The molecule has 3 nitrogen and oxygen atoms in total. The van der Waals surface area contributed by atoms with E-state index in [1.54, 1.807) is 26.0 Å². The second-order valence-corrected chi connectivity index (χ2v) is 11.0. The van der Waals surface area contributed by atoms with Crippen LogP contribution in [0.3, 0.4) is 0 Å². The predicted octanol–water partition coefficient (Wildman–Crippen LogP) is 6.61. The van der Waals surface area contributed by atoms with Gasteiger partial charge in [-0.05, 0) is 64.3 Å². The Kier molecular flexibility index (Phi) is 8.62. The largest absolute Gasteiger partial charge is 0.598 e. The van der Waals surface area contributed by atoms with E-state index in [1.807, 2.05) is 51.1 Å². The molecule has 0 amide bonds. The average molecular weight is 468 g/mol. The summed E-state index contributed by atoms with van der Waals surface area (Å²) in [5.74, 6) is 0.